The van der Waals surface area contributed by atoms with E-state index >= 15 is 0 Å². The first-order chi connectivity index (χ1) is 11.8. The molecule has 2 aromatic rings. The zero-order valence-electron chi connectivity index (χ0n) is 13.2. The summed E-state index contributed by atoms with van der Waals surface area (Å²) in [5, 5.41) is 5.96. The van der Waals surface area contributed by atoms with Gasteiger partial charge in [0, 0.05) is 22.4 Å². The summed E-state index contributed by atoms with van der Waals surface area (Å²) in [5.41, 5.74) is 1.10. The highest BCUT2D eigenvalue weighted by molar-refractivity contribution is 7.99. The highest BCUT2D eigenvalue weighted by atomic mass is 32.2. The fourth-order valence-electron chi connectivity index (χ4n) is 2.14. The van der Waals surface area contributed by atoms with Crippen LogP contribution in [0.15, 0.2) is 51.4 Å². The van der Waals surface area contributed by atoms with Crippen LogP contribution in [0.1, 0.15) is 12.0 Å². The molecular weight excluding hydrogens is 360 g/mol. The van der Waals surface area contributed by atoms with Crippen LogP contribution in [-0.4, -0.2) is 31.4 Å². The lowest BCUT2D eigenvalue weighted by molar-refractivity contribution is -0.235. The summed E-state index contributed by atoms with van der Waals surface area (Å²) in [7, 11) is 0. The van der Waals surface area contributed by atoms with Crippen LogP contribution in [0.2, 0.25) is 0 Å². The number of rotatable bonds is 9. The van der Waals surface area contributed by atoms with E-state index in [0.717, 1.165) is 30.1 Å². The highest BCUT2D eigenvalue weighted by Gasteiger charge is 2.24. The Kier molecular flexibility index (Phi) is 7.11. The number of benzene rings is 1. The van der Waals surface area contributed by atoms with Gasteiger partial charge < -0.3 is 14.2 Å². The maximum atomic E-state index is 5.98. The number of thiol groups is 1. The minimum absolute atomic E-state index is 0.00258. The molecule has 1 aliphatic heterocycles. The Morgan fingerprint density at radius 1 is 1.33 bits per heavy atom. The summed E-state index contributed by atoms with van der Waals surface area (Å²) in [5.74, 6) is 1.69. The molecule has 2 atom stereocenters. The van der Waals surface area contributed by atoms with Crippen molar-refractivity contribution in [3.05, 3.63) is 52.1 Å². The van der Waals surface area contributed by atoms with Crippen LogP contribution in [0.5, 0.6) is 5.75 Å². The van der Waals surface area contributed by atoms with Gasteiger partial charge in [-0.15, -0.1) is 11.8 Å². The maximum absolute atomic E-state index is 5.98. The molecule has 1 fully saturated rings. The molecule has 1 aromatic heterocycles. The first-order valence-electron chi connectivity index (χ1n) is 7.79. The Morgan fingerprint density at radius 3 is 2.79 bits per heavy atom. The monoisotopic (exact) mass is 380 g/mol. The summed E-state index contributed by atoms with van der Waals surface area (Å²) in [6.07, 6.45) is 2.82. The Labute approximate surface area is 156 Å². The van der Waals surface area contributed by atoms with Gasteiger partial charge in [-0.25, -0.2) is 0 Å². The molecule has 0 saturated carbocycles. The van der Waals surface area contributed by atoms with Crippen molar-refractivity contribution in [2.75, 3.05) is 19.0 Å². The van der Waals surface area contributed by atoms with Gasteiger partial charge >= 0.3 is 0 Å². The minimum Gasteiger partial charge on any atom is -0.491 e. The third kappa shape index (κ3) is 5.57. The molecule has 0 spiro atoms. The van der Waals surface area contributed by atoms with Crippen LogP contribution in [0.25, 0.3) is 6.08 Å². The van der Waals surface area contributed by atoms with E-state index in [4.69, 9.17) is 14.2 Å². The Hall–Kier alpha value is -0.920. The van der Waals surface area contributed by atoms with E-state index in [1.54, 1.807) is 28.5 Å². The van der Waals surface area contributed by atoms with Gasteiger partial charge in [0.05, 0.1) is 6.61 Å². The number of hydrogen-bond donors (Lipinski definition) is 1. The highest BCUT2D eigenvalue weighted by Crippen LogP contribution is 2.24. The molecule has 1 saturated heterocycles. The molecule has 3 nitrogen and oxygen atoms in total. The average molecular weight is 381 g/mol. The van der Waals surface area contributed by atoms with Crippen molar-refractivity contribution < 1.29 is 14.2 Å². The molecule has 0 aliphatic carbocycles. The second kappa shape index (κ2) is 9.53. The molecule has 6 heteroatoms. The van der Waals surface area contributed by atoms with Crippen LogP contribution in [0.3, 0.4) is 0 Å². The van der Waals surface area contributed by atoms with Crippen molar-refractivity contribution in [2.45, 2.75) is 23.7 Å². The molecular formula is C18H20O3S3. The quantitative estimate of drug-likeness (QED) is 0.492. The molecule has 3 rings (SSSR count). The van der Waals surface area contributed by atoms with Crippen molar-refractivity contribution in [3.63, 3.8) is 0 Å². The lowest BCUT2D eigenvalue weighted by Gasteiger charge is -2.30. The van der Waals surface area contributed by atoms with Gasteiger partial charge in [0.15, 0.2) is 6.29 Å². The predicted molar refractivity (Wildman–Crippen MR) is 104 cm³/mol. The summed E-state index contributed by atoms with van der Waals surface area (Å²) in [6, 6.07) is 10.1. The molecule has 0 amide bonds. The topological polar surface area (TPSA) is 27.7 Å². The number of hydrogen-bond acceptors (Lipinski definition) is 6. The van der Waals surface area contributed by atoms with Gasteiger partial charge in [0.2, 0.25) is 0 Å². The van der Waals surface area contributed by atoms with E-state index < -0.39 is 0 Å². The number of thiophene rings is 1. The minimum atomic E-state index is -0.0791. The van der Waals surface area contributed by atoms with Crippen LogP contribution in [0, 0.1) is 0 Å². The number of thioether (sulfide) groups is 1. The van der Waals surface area contributed by atoms with E-state index in [2.05, 4.69) is 29.5 Å². The summed E-state index contributed by atoms with van der Waals surface area (Å²) >= 11 is 7.58. The van der Waals surface area contributed by atoms with E-state index in [9.17, 15) is 0 Å². The second-order valence-corrected chi connectivity index (χ2v) is 7.48. The summed E-state index contributed by atoms with van der Waals surface area (Å²) in [4.78, 5) is 1.27. The van der Waals surface area contributed by atoms with Gasteiger partial charge in [-0.05, 0) is 40.6 Å². The molecule has 128 valence electrons. The zero-order valence-corrected chi connectivity index (χ0v) is 15.7. The molecule has 1 aromatic carbocycles. The van der Waals surface area contributed by atoms with Crippen molar-refractivity contribution in [3.8, 4) is 5.75 Å². The maximum Gasteiger partial charge on any atom is 0.160 e. The van der Waals surface area contributed by atoms with Gasteiger partial charge in [-0.2, -0.15) is 24.0 Å². The van der Waals surface area contributed by atoms with Crippen molar-refractivity contribution >= 4 is 41.8 Å². The molecule has 0 radical (unpaired) electrons. The number of ether oxygens (including phenoxy) is 3. The first kappa shape index (κ1) is 17.9. The molecule has 1 aliphatic rings. The Morgan fingerprint density at radius 2 is 2.17 bits per heavy atom. The second-order valence-electron chi connectivity index (χ2n) is 5.31. The predicted octanol–water partition coefficient (Wildman–Crippen LogP) is 4.95. The SMILES string of the molecule is S/C=C/c1ccc(OCC(CSc2ccsc2)OC2CCO2)cc1. The third-order valence-corrected chi connectivity index (χ3v) is 5.62. The zero-order chi connectivity index (χ0) is 16.6. The normalized spacial score (nSPS) is 18.5. The van der Waals surface area contributed by atoms with E-state index in [0.29, 0.717) is 6.61 Å². The van der Waals surface area contributed by atoms with E-state index in [1.807, 2.05) is 30.3 Å². The summed E-state index contributed by atoms with van der Waals surface area (Å²) < 4.78 is 17.3. The fraction of sp³-hybridized carbons (Fsp3) is 0.333. The van der Waals surface area contributed by atoms with E-state index in [1.165, 1.54) is 4.90 Å². The lowest BCUT2D eigenvalue weighted by atomic mass is 10.2. The van der Waals surface area contributed by atoms with Crippen LogP contribution in [0.4, 0.5) is 0 Å². The first-order valence-corrected chi connectivity index (χ1v) is 10.2. The Balaban J connectivity index is 1.51. The Bertz CT molecular complexity index is 621. The fourth-order valence-corrected chi connectivity index (χ4v) is 4.07. The summed E-state index contributed by atoms with van der Waals surface area (Å²) in [6.45, 7) is 1.30. The molecule has 24 heavy (non-hydrogen) atoms. The van der Waals surface area contributed by atoms with Gasteiger partial charge in [0.1, 0.15) is 18.5 Å². The van der Waals surface area contributed by atoms with E-state index in [-0.39, 0.29) is 12.4 Å². The van der Waals surface area contributed by atoms with Crippen LogP contribution < -0.4 is 4.74 Å². The molecule has 2 unspecified atom stereocenters. The lowest BCUT2D eigenvalue weighted by Crippen LogP contribution is -2.37. The van der Waals surface area contributed by atoms with Crippen molar-refractivity contribution in [1.82, 2.24) is 0 Å². The average Bonchev–Trinajstić information content (AvgIpc) is 3.07. The van der Waals surface area contributed by atoms with Crippen LogP contribution in [-0.2, 0) is 9.47 Å². The largest absolute Gasteiger partial charge is 0.491 e. The van der Waals surface area contributed by atoms with Crippen LogP contribution >= 0.6 is 35.7 Å². The molecule has 2 heterocycles. The third-order valence-electron chi connectivity index (χ3n) is 3.52. The molecule has 0 N–H and O–H groups in total. The van der Waals surface area contributed by atoms with Gasteiger partial charge in [0.25, 0.3) is 0 Å². The van der Waals surface area contributed by atoms with Crippen molar-refractivity contribution in [2.24, 2.45) is 0 Å². The van der Waals surface area contributed by atoms with Gasteiger partial charge in [-0.1, -0.05) is 12.1 Å². The molecule has 0 bridgehead atoms. The van der Waals surface area contributed by atoms with Gasteiger partial charge in [-0.3, -0.25) is 0 Å². The smallest absolute Gasteiger partial charge is 0.160 e. The standard InChI is InChI=1S/C18H20O3S3/c22-9-6-14-1-3-15(4-2-14)20-11-16(21-18-5-8-19-18)12-24-17-7-10-23-13-17/h1-4,6-7,9-10,13,16,18,22H,5,8,11-12H2/b9-6+. The van der Waals surface area contributed by atoms with Crippen molar-refractivity contribution in [1.29, 1.82) is 0 Å².